The number of hydrogen-bond acceptors (Lipinski definition) is 11. The highest BCUT2D eigenvalue weighted by Crippen LogP contribution is 2.49. The molecule has 15 heteroatoms. The third-order valence-corrected chi connectivity index (χ3v) is 11.5. The van der Waals surface area contributed by atoms with Gasteiger partial charge in [-0.3, -0.25) is 19.7 Å². The van der Waals surface area contributed by atoms with Gasteiger partial charge < -0.3 is 33.9 Å². The van der Waals surface area contributed by atoms with E-state index in [-0.39, 0.29) is 46.0 Å². The number of ether oxygens (including phenoxy) is 3. The Balaban J connectivity index is 1.76. The van der Waals surface area contributed by atoms with Gasteiger partial charge in [-0.1, -0.05) is 56.2 Å². The number of hydrogen-bond donors (Lipinski definition) is 2. The molecule has 3 aliphatic heterocycles. The van der Waals surface area contributed by atoms with Gasteiger partial charge in [0, 0.05) is 32.0 Å². The van der Waals surface area contributed by atoms with Crippen LogP contribution >= 0.6 is 23.4 Å². The fraction of sp³-hybridized carbons (Fsp3) is 0.568. The number of epoxide rings is 1. The van der Waals surface area contributed by atoms with Crippen LogP contribution in [0.5, 0.6) is 0 Å². The highest BCUT2D eigenvalue weighted by atomic mass is 35.5. The number of carbonyl (C=O) groups is 6. The minimum absolute atomic E-state index is 0.0626. The monoisotopic (exact) mass is 761 g/mol. The summed E-state index contributed by atoms with van der Waals surface area (Å²) >= 11 is 8.06. The van der Waals surface area contributed by atoms with Gasteiger partial charge in [0.25, 0.3) is 0 Å². The molecule has 0 aromatic heterocycles. The van der Waals surface area contributed by atoms with E-state index in [9.17, 15) is 33.9 Å². The molecule has 0 saturated carbocycles. The first-order valence-electron chi connectivity index (χ1n) is 17.1. The molecular weight excluding hydrogens is 714 g/mol. The summed E-state index contributed by atoms with van der Waals surface area (Å²) in [6, 6.07) is 2.30. The number of amides is 3. The van der Waals surface area contributed by atoms with E-state index < -0.39 is 65.5 Å². The summed E-state index contributed by atoms with van der Waals surface area (Å²) in [5, 5.41) is 14.3. The molecule has 0 spiro atoms. The number of benzene rings is 1. The van der Waals surface area contributed by atoms with Crippen molar-refractivity contribution in [2.24, 2.45) is 11.8 Å². The average molecular weight is 762 g/mol. The second kappa shape index (κ2) is 16.5. The van der Waals surface area contributed by atoms with Crippen molar-refractivity contribution in [2.75, 3.05) is 24.7 Å². The van der Waals surface area contributed by atoms with E-state index in [0.29, 0.717) is 24.6 Å². The summed E-state index contributed by atoms with van der Waals surface area (Å²) in [5.74, 6) is -3.12. The first-order valence-corrected chi connectivity index (χ1v) is 18.6. The van der Waals surface area contributed by atoms with Crippen LogP contribution in [0.2, 0.25) is 5.02 Å². The van der Waals surface area contributed by atoms with Crippen molar-refractivity contribution >= 4 is 65.5 Å². The number of allylic oxidation sites excluding steroid dienone is 3. The fourth-order valence-electron chi connectivity index (χ4n) is 6.48. The molecule has 2 saturated heterocycles. The number of aliphatic hydroxyl groups is 1. The second-order valence-electron chi connectivity index (χ2n) is 14.3. The van der Waals surface area contributed by atoms with Gasteiger partial charge in [-0.2, -0.15) is 0 Å². The maximum absolute atomic E-state index is 14.0. The number of likely N-dealkylation sites (N-methyl/N-ethyl adjacent to an activating group) is 1. The Kier molecular flexibility index (Phi) is 13.0. The molecule has 3 heterocycles. The van der Waals surface area contributed by atoms with E-state index in [4.69, 9.17) is 25.8 Å². The summed E-state index contributed by atoms with van der Waals surface area (Å²) < 4.78 is 17.8. The molecule has 2 N–H and O–H groups in total. The van der Waals surface area contributed by atoms with Gasteiger partial charge in [0.05, 0.1) is 34.9 Å². The maximum Gasteiger partial charge on any atom is 0.409 e. The average Bonchev–Trinajstić information content (AvgIpc) is 3.79. The Labute approximate surface area is 313 Å². The number of alkyl carbamates (subject to hydrolysis) is 1. The Morgan fingerprint density at radius 3 is 2.58 bits per heavy atom. The number of esters is 1. The minimum atomic E-state index is -1.99. The number of anilines is 1. The van der Waals surface area contributed by atoms with Gasteiger partial charge >= 0.3 is 12.1 Å². The van der Waals surface area contributed by atoms with Crippen LogP contribution in [0.4, 0.5) is 10.5 Å². The molecule has 2 fully saturated rings. The third kappa shape index (κ3) is 9.07. The van der Waals surface area contributed by atoms with E-state index in [1.807, 2.05) is 20.8 Å². The Bertz CT molecular complexity index is 1650. The number of fused-ring (bicyclic) bond motifs is 5. The van der Waals surface area contributed by atoms with Crippen LogP contribution in [0, 0.1) is 11.8 Å². The van der Waals surface area contributed by atoms with Crippen molar-refractivity contribution in [3.05, 3.63) is 52.1 Å². The van der Waals surface area contributed by atoms with E-state index in [0.717, 1.165) is 5.57 Å². The van der Waals surface area contributed by atoms with Crippen LogP contribution in [-0.2, 0) is 39.8 Å². The van der Waals surface area contributed by atoms with Gasteiger partial charge in [-0.05, 0) is 50.1 Å². The quantitative estimate of drug-likeness (QED) is 0.220. The van der Waals surface area contributed by atoms with Crippen LogP contribution in [0.1, 0.15) is 70.3 Å². The second-order valence-corrected chi connectivity index (χ2v) is 16.2. The van der Waals surface area contributed by atoms with Crippen molar-refractivity contribution in [3.8, 4) is 0 Å². The maximum atomic E-state index is 14.0. The first-order chi connectivity index (χ1) is 24.3. The van der Waals surface area contributed by atoms with E-state index >= 15 is 0 Å². The summed E-state index contributed by atoms with van der Waals surface area (Å²) in [4.78, 5) is 80.2. The molecule has 1 aromatic rings. The number of nitrogens with one attached hydrogen (secondary N) is 1. The molecule has 52 heavy (non-hydrogen) atoms. The highest BCUT2D eigenvalue weighted by Gasteiger charge is 2.64. The zero-order chi connectivity index (χ0) is 38.7. The van der Waals surface area contributed by atoms with E-state index in [1.165, 1.54) is 48.7 Å². The minimum Gasteiger partial charge on any atom is -0.457 e. The molecule has 3 amide bonds. The molecule has 1 aromatic carbocycles. The number of halogens is 1. The third-order valence-electron chi connectivity index (χ3n) is 10.0. The standard InChI is InChI=1S/C37H48ClN3O10S/c1-20(2)52-19-31(45)40(7)23(5)34(46)50-29-15-30(44)41(8)27-14-24(13-25(17-42)32(27)38)12-21(3)10-9-11-26(18-43)37(48)16-28(49-35(47)39-37)22(4)33-36(29,6)51-33/h9-11,13-14,17-18,20,22-23,26,28-29,33,48H,12,15-16,19H2,1-8H3,(H,39,47)/b11-9+,21-10+/t22-,23+,26+,28+,29+,33+,36+,37+/m1/s1. The van der Waals surface area contributed by atoms with Gasteiger partial charge in [-0.25, -0.2) is 9.59 Å². The summed E-state index contributed by atoms with van der Waals surface area (Å²) in [6.45, 7) is 10.7. The number of rotatable bonds is 8. The molecular formula is C37H48ClN3O10S. The Morgan fingerprint density at radius 2 is 1.94 bits per heavy atom. The van der Waals surface area contributed by atoms with Crippen molar-refractivity contribution in [1.82, 2.24) is 10.2 Å². The molecule has 0 radical (unpaired) electrons. The molecule has 4 rings (SSSR count). The van der Waals surface area contributed by atoms with Crippen molar-refractivity contribution in [2.45, 2.75) is 102 Å². The number of aldehydes is 2. The molecule has 4 bridgehead atoms. The SMILES string of the molecule is C/C1=C\C=C\[C@@H](C=O)[C@@]2(O)C[C@H](OC(=O)N2)[C@@H](C)[C@@H]2O[C@@]2(C)[C@@H](OC(=O)[C@H](C)N(C)C(=O)CSC(C)C)CC(=O)N(C)c2cc(cc(C=O)c2Cl)C1. The molecule has 3 aliphatic rings. The predicted molar refractivity (Wildman–Crippen MR) is 196 cm³/mol. The smallest absolute Gasteiger partial charge is 0.409 e. The molecule has 0 aliphatic carbocycles. The van der Waals surface area contributed by atoms with Crippen LogP contribution in [0.15, 0.2) is 35.9 Å². The fourth-order valence-corrected chi connectivity index (χ4v) is 7.44. The first kappa shape index (κ1) is 41.0. The molecule has 284 valence electrons. The predicted octanol–water partition coefficient (Wildman–Crippen LogP) is 4.26. The van der Waals surface area contributed by atoms with Crippen LogP contribution in [0.3, 0.4) is 0 Å². The lowest BCUT2D eigenvalue weighted by molar-refractivity contribution is -0.161. The zero-order valence-corrected chi connectivity index (χ0v) is 32.3. The zero-order valence-electron chi connectivity index (χ0n) is 30.7. The van der Waals surface area contributed by atoms with E-state index in [1.54, 1.807) is 38.1 Å². The van der Waals surface area contributed by atoms with Gasteiger partial charge in [0.2, 0.25) is 11.8 Å². The Morgan fingerprint density at radius 1 is 1.25 bits per heavy atom. The molecule has 8 atom stereocenters. The number of carbonyl (C=O) groups excluding carboxylic acids is 6. The lowest BCUT2D eigenvalue weighted by Gasteiger charge is -2.41. The molecule has 13 nitrogen and oxygen atoms in total. The summed E-state index contributed by atoms with van der Waals surface area (Å²) in [5.41, 5.74) is -1.36. The molecule has 0 unspecified atom stereocenters. The van der Waals surface area contributed by atoms with Crippen LogP contribution < -0.4 is 10.2 Å². The van der Waals surface area contributed by atoms with Gasteiger partial charge in [-0.15, -0.1) is 11.8 Å². The van der Waals surface area contributed by atoms with Crippen molar-refractivity contribution in [1.29, 1.82) is 0 Å². The van der Waals surface area contributed by atoms with Crippen molar-refractivity contribution in [3.63, 3.8) is 0 Å². The Hall–Kier alpha value is -3.72. The lowest BCUT2D eigenvalue weighted by atomic mass is 9.82. The topological polar surface area (TPSA) is 172 Å². The lowest BCUT2D eigenvalue weighted by Crippen LogP contribution is -2.61. The number of nitrogens with zero attached hydrogens (tertiary/aromatic N) is 2. The van der Waals surface area contributed by atoms with Gasteiger partial charge in [0.1, 0.15) is 30.1 Å². The van der Waals surface area contributed by atoms with Crippen molar-refractivity contribution < 1.29 is 48.1 Å². The van der Waals surface area contributed by atoms with Crippen LogP contribution in [-0.4, -0.2) is 107 Å². The highest BCUT2D eigenvalue weighted by molar-refractivity contribution is 8.00. The number of thioether (sulfide) groups is 1. The summed E-state index contributed by atoms with van der Waals surface area (Å²) in [6.07, 6.45) is 1.96. The van der Waals surface area contributed by atoms with Gasteiger partial charge in [0.15, 0.2) is 12.0 Å². The normalized spacial score (nSPS) is 31.6. The summed E-state index contributed by atoms with van der Waals surface area (Å²) in [7, 11) is 3.01. The van der Waals surface area contributed by atoms with Crippen LogP contribution in [0.25, 0.3) is 0 Å². The van der Waals surface area contributed by atoms with E-state index in [2.05, 4.69) is 5.32 Å². The largest absolute Gasteiger partial charge is 0.457 e.